The van der Waals surface area contributed by atoms with Gasteiger partial charge in [-0.25, -0.2) is 0 Å². The van der Waals surface area contributed by atoms with Crippen molar-refractivity contribution in [1.29, 1.82) is 0 Å². The van der Waals surface area contributed by atoms with Crippen LogP contribution in [0.1, 0.15) is 5.76 Å². The van der Waals surface area contributed by atoms with Gasteiger partial charge in [0.1, 0.15) is 17.1 Å². The number of aliphatic imine (C=N–C) groups is 1. The van der Waals surface area contributed by atoms with Crippen LogP contribution in [0.15, 0.2) is 113 Å². The Balaban J connectivity index is 1.75. The minimum atomic E-state index is -0.544. The molecule has 0 radical (unpaired) electrons. The van der Waals surface area contributed by atoms with Gasteiger partial charge in [0.15, 0.2) is 5.76 Å². The van der Waals surface area contributed by atoms with Crippen molar-refractivity contribution in [3.63, 3.8) is 0 Å². The maximum absolute atomic E-state index is 12.6. The molecule has 7 nitrogen and oxygen atoms in total. The number of nitro groups is 1. The fraction of sp³-hybridized carbons (Fsp3) is 0. The van der Waals surface area contributed by atoms with Gasteiger partial charge in [-0.3, -0.25) is 15.1 Å². The van der Waals surface area contributed by atoms with Crippen LogP contribution >= 0.6 is 0 Å². The number of benzene rings is 5. The maximum Gasteiger partial charge on any atom is 0.324 e. The zero-order valence-electron chi connectivity index (χ0n) is 19.9. The Morgan fingerprint density at radius 3 is 1.87 bits per heavy atom. The van der Waals surface area contributed by atoms with Gasteiger partial charge < -0.3 is 14.6 Å². The number of phenolic OH excluding ortho intramolecular Hbond substituents is 2. The fourth-order valence-electron chi connectivity index (χ4n) is 4.79. The van der Waals surface area contributed by atoms with Crippen molar-refractivity contribution < 1.29 is 19.6 Å². The van der Waals surface area contributed by atoms with E-state index in [9.17, 15) is 20.3 Å². The molecule has 6 rings (SSSR count). The van der Waals surface area contributed by atoms with Crippen LogP contribution in [0.3, 0.4) is 0 Å². The van der Waals surface area contributed by atoms with Crippen LogP contribution in [0.25, 0.3) is 44.0 Å². The molecule has 0 fully saturated rings. The third-order valence-corrected chi connectivity index (χ3v) is 6.47. The van der Waals surface area contributed by atoms with E-state index in [1.807, 2.05) is 54.6 Å². The minimum Gasteiger partial charge on any atom is -0.507 e. The first-order valence-electron chi connectivity index (χ1n) is 11.9. The number of phenols is 2. The summed E-state index contributed by atoms with van der Waals surface area (Å²) >= 11 is 0. The number of nitrogens with zero attached hydrogens (tertiary/aromatic N) is 2. The van der Waals surface area contributed by atoms with Crippen LogP contribution in [0.2, 0.25) is 0 Å². The second-order valence-corrected chi connectivity index (χ2v) is 8.73. The Kier molecular flexibility index (Phi) is 5.58. The molecule has 0 unspecified atom stereocenters. The van der Waals surface area contributed by atoms with Crippen molar-refractivity contribution in [2.45, 2.75) is 0 Å². The van der Waals surface area contributed by atoms with E-state index in [1.54, 1.807) is 36.4 Å². The first kappa shape index (κ1) is 23.0. The maximum atomic E-state index is 12.6. The summed E-state index contributed by atoms with van der Waals surface area (Å²) < 4.78 is 6.20. The van der Waals surface area contributed by atoms with Crippen molar-refractivity contribution in [2.24, 2.45) is 4.99 Å². The van der Waals surface area contributed by atoms with E-state index in [1.165, 1.54) is 18.3 Å². The van der Waals surface area contributed by atoms with Crippen molar-refractivity contribution in [3.8, 4) is 33.9 Å². The highest BCUT2D eigenvalue weighted by atomic mass is 16.6. The molecule has 0 saturated heterocycles. The zero-order valence-corrected chi connectivity index (χ0v) is 19.9. The first-order valence-corrected chi connectivity index (χ1v) is 11.9. The molecule has 0 atom stereocenters. The second-order valence-electron chi connectivity index (χ2n) is 8.73. The monoisotopic (exact) mass is 500 g/mol. The van der Waals surface area contributed by atoms with E-state index >= 15 is 0 Å². The molecule has 0 amide bonds. The topological polar surface area (TPSA) is 109 Å². The van der Waals surface area contributed by atoms with E-state index in [2.05, 4.69) is 4.99 Å². The van der Waals surface area contributed by atoms with Gasteiger partial charge in [0, 0.05) is 5.56 Å². The number of rotatable bonds is 5. The summed E-state index contributed by atoms with van der Waals surface area (Å²) in [6, 6.07) is 30.2. The number of fused-ring (bicyclic) bond motifs is 2. The molecular formula is C31H20N2O5. The summed E-state index contributed by atoms with van der Waals surface area (Å²) in [7, 11) is 0. The van der Waals surface area contributed by atoms with Gasteiger partial charge in [-0.05, 0) is 45.8 Å². The Morgan fingerprint density at radius 2 is 1.24 bits per heavy atom. The van der Waals surface area contributed by atoms with Crippen LogP contribution in [0.4, 0.5) is 11.4 Å². The van der Waals surface area contributed by atoms with Crippen molar-refractivity contribution >= 4 is 39.1 Å². The number of hydrogen-bond donors (Lipinski definition) is 2. The summed E-state index contributed by atoms with van der Waals surface area (Å²) in [5, 5.41) is 37.6. The molecule has 38 heavy (non-hydrogen) atoms. The molecule has 0 bridgehead atoms. The number of aromatic hydroxyl groups is 2. The lowest BCUT2D eigenvalue weighted by atomic mass is 9.92. The third-order valence-electron chi connectivity index (χ3n) is 6.47. The van der Waals surface area contributed by atoms with Gasteiger partial charge in [-0.1, -0.05) is 78.9 Å². The highest BCUT2D eigenvalue weighted by Gasteiger charge is 2.34. The summed E-state index contributed by atoms with van der Waals surface area (Å²) in [6.45, 7) is 0. The molecule has 0 spiro atoms. The molecule has 184 valence electrons. The van der Waals surface area contributed by atoms with E-state index in [4.69, 9.17) is 4.42 Å². The third kappa shape index (κ3) is 3.83. The van der Waals surface area contributed by atoms with Gasteiger partial charge in [-0.2, -0.15) is 0 Å². The van der Waals surface area contributed by atoms with Crippen LogP contribution in [0.5, 0.6) is 11.5 Å². The fourth-order valence-corrected chi connectivity index (χ4v) is 4.79. The lowest BCUT2D eigenvalue weighted by Crippen LogP contribution is -1.94. The van der Waals surface area contributed by atoms with Gasteiger partial charge in [0.05, 0.1) is 22.4 Å². The Labute approximate surface area is 216 Å². The summed E-state index contributed by atoms with van der Waals surface area (Å²) in [5.41, 5.74) is 0.805. The van der Waals surface area contributed by atoms with Gasteiger partial charge in [-0.15, -0.1) is 0 Å². The SMILES string of the molecule is O=[N+]([O-])c1c(C=Nc2ccccc2)oc(-c2c(O)ccc3ccccc23)c1-c1c(O)ccc2ccccc12. The van der Waals surface area contributed by atoms with Crippen LogP contribution in [-0.4, -0.2) is 21.4 Å². The molecule has 0 aliphatic rings. The molecule has 0 aliphatic carbocycles. The molecule has 5 aromatic carbocycles. The standard InChI is InChI=1S/C31H20N2O5/c34-24-16-14-19-8-4-6-12-22(19)27(24)29-30(33(36)37)26(18-32-21-10-2-1-3-11-21)38-31(29)28-23-13-7-5-9-20(23)15-17-25(28)35/h1-18,34-35H. The Morgan fingerprint density at radius 1 is 0.684 bits per heavy atom. The molecule has 2 N–H and O–H groups in total. The lowest BCUT2D eigenvalue weighted by molar-refractivity contribution is -0.384. The normalized spacial score (nSPS) is 11.5. The van der Waals surface area contributed by atoms with Crippen LogP contribution in [-0.2, 0) is 0 Å². The smallest absolute Gasteiger partial charge is 0.324 e. The molecule has 0 aliphatic heterocycles. The number of hydrogen-bond acceptors (Lipinski definition) is 6. The highest BCUT2D eigenvalue weighted by molar-refractivity contribution is 6.10. The largest absolute Gasteiger partial charge is 0.507 e. The molecule has 0 saturated carbocycles. The summed E-state index contributed by atoms with van der Waals surface area (Å²) in [4.78, 5) is 16.4. The molecule has 1 aromatic heterocycles. The minimum absolute atomic E-state index is 0.0606. The van der Waals surface area contributed by atoms with Gasteiger partial charge in [0.2, 0.25) is 5.76 Å². The Bertz CT molecular complexity index is 1870. The van der Waals surface area contributed by atoms with Crippen molar-refractivity contribution in [2.75, 3.05) is 0 Å². The molecule has 1 heterocycles. The zero-order chi connectivity index (χ0) is 26.2. The number of para-hydroxylation sites is 1. The average molecular weight is 501 g/mol. The van der Waals surface area contributed by atoms with E-state index in [0.29, 0.717) is 16.5 Å². The van der Waals surface area contributed by atoms with Gasteiger partial charge in [0.25, 0.3) is 0 Å². The van der Waals surface area contributed by atoms with Crippen LogP contribution < -0.4 is 0 Å². The molecule has 7 heteroatoms. The van der Waals surface area contributed by atoms with Crippen LogP contribution in [0, 0.1) is 10.1 Å². The second kappa shape index (κ2) is 9.22. The van der Waals surface area contributed by atoms with Crippen molar-refractivity contribution in [3.05, 3.63) is 119 Å². The molecular weight excluding hydrogens is 480 g/mol. The highest BCUT2D eigenvalue weighted by Crippen LogP contribution is 2.51. The average Bonchev–Trinajstić information content (AvgIpc) is 3.31. The van der Waals surface area contributed by atoms with Gasteiger partial charge >= 0.3 is 5.69 Å². The molecule has 6 aromatic rings. The summed E-state index contributed by atoms with van der Waals surface area (Å²) in [6.07, 6.45) is 1.30. The number of furan rings is 1. The predicted molar refractivity (Wildman–Crippen MR) is 148 cm³/mol. The quantitative estimate of drug-likeness (QED) is 0.142. The Hall–Kier alpha value is -5.43. The predicted octanol–water partition coefficient (Wildman–Crippen LogP) is 7.99. The lowest BCUT2D eigenvalue weighted by Gasteiger charge is -2.12. The van der Waals surface area contributed by atoms with Crippen molar-refractivity contribution in [1.82, 2.24) is 0 Å². The first-order chi connectivity index (χ1) is 18.5. The van der Waals surface area contributed by atoms with E-state index < -0.39 is 4.92 Å². The van der Waals surface area contributed by atoms with E-state index in [0.717, 1.165) is 10.8 Å². The van der Waals surface area contributed by atoms with E-state index in [-0.39, 0.29) is 45.4 Å². The summed E-state index contributed by atoms with van der Waals surface area (Å²) in [5.74, 6) is -0.310.